The minimum absolute atomic E-state index is 0.00665. The second kappa shape index (κ2) is 7.98. The van der Waals surface area contributed by atoms with Gasteiger partial charge in [0.1, 0.15) is 5.82 Å². The van der Waals surface area contributed by atoms with E-state index in [1.54, 1.807) is 0 Å². The van der Waals surface area contributed by atoms with Gasteiger partial charge < -0.3 is 10.2 Å². The highest BCUT2D eigenvalue weighted by Gasteiger charge is 2.04. The van der Waals surface area contributed by atoms with Gasteiger partial charge in [0.05, 0.1) is 5.02 Å². The molecule has 0 atom stereocenters. The lowest BCUT2D eigenvalue weighted by Crippen LogP contribution is -2.44. The Hall–Kier alpha value is -1.44. The molecule has 5 nitrogen and oxygen atoms in total. The van der Waals surface area contributed by atoms with Gasteiger partial charge in [-0.05, 0) is 44.5 Å². The normalized spacial score (nSPS) is 10.2. The van der Waals surface area contributed by atoms with Gasteiger partial charge >= 0.3 is 0 Å². The Balaban J connectivity index is 2.36. The van der Waals surface area contributed by atoms with Crippen molar-refractivity contribution in [1.29, 1.82) is 0 Å². The highest BCUT2D eigenvalue weighted by molar-refractivity contribution is 7.80. The Kier molecular flexibility index (Phi) is 6.63. The molecule has 0 spiro atoms. The van der Waals surface area contributed by atoms with Crippen molar-refractivity contribution in [2.45, 2.75) is 6.42 Å². The molecule has 0 fully saturated rings. The van der Waals surface area contributed by atoms with E-state index in [1.165, 1.54) is 18.2 Å². The smallest absolute Gasteiger partial charge is 0.239 e. The van der Waals surface area contributed by atoms with Crippen molar-refractivity contribution in [3.63, 3.8) is 0 Å². The Morgan fingerprint density at radius 1 is 1.40 bits per heavy atom. The molecule has 1 rings (SSSR count). The van der Waals surface area contributed by atoms with Crippen molar-refractivity contribution in [2.75, 3.05) is 26.0 Å². The first-order valence-corrected chi connectivity index (χ1v) is 6.62. The van der Waals surface area contributed by atoms with Crippen LogP contribution in [0.4, 0.5) is 10.1 Å². The SMILES string of the molecule is CN(C)CCC(=O)NNC(=S)Nc1ccc(F)c(Cl)c1. The Labute approximate surface area is 127 Å². The van der Waals surface area contributed by atoms with Crippen LogP contribution in [0.25, 0.3) is 0 Å². The largest absolute Gasteiger partial charge is 0.331 e. The van der Waals surface area contributed by atoms with Crippen LogP contribution >= 0.6 is 23.8 Å². The summed E-state index contributed by atoms with van der Waals surface area (Å²) in [6.07, 6.45) is 0.352. The summed E-state index contributed by atoms with van der Waals surface area (Å²) in [5, 5.41) is 2.95. The predicted octanol–water partition coefficient (Wildman–Crippen LogP) is 1.75. The van der Waals surface area contributed by atoms with Gasteiger partial charge in [-0.25, -0.2) is 4.39 Å². The number of carbonyl (C=O) groups excluding carboxylic acids is 1. The number of carbonyl (C=O) groups is 1. The van der Waals surface area contributed by atoms with Crippen molar-refractivity contribution >= 4 is 40.5 Å². The van der Waals surface area contributed by atoms with E-state index in [1.807, 2.05) is 19.0 Å². The maximum atomic E-state index is 13.0. The maximum Gasteiger partial charge on any atom is 0.239 e. The Morgan fingerprint density at radius 2 is 2.10 bits per heavy atom. The summed E-state index contributed by atoms with van der Waals surface area (Å²) < 4.78 is 13.0. The topological polar surface area (TPSA) is 56.4 Å². The van der Waals surface area contributed by atoms with E-state index in [0.717, 1.165) is 0 Å². The van der Waals surface area contributed by atoms with E-state index in [9.17, 15) is 9.18 Å². The van der Waals surface area contributed by atoms with Gasteiger partial charge in [0.2, 0.25) is 5.91 Å². The molecule has 0 bridgehead atoms. The van der Waals surface area contributed by atoms with Crippen LogP contribution in [-0.4, -0.2) is 36.6 Å². The third kappa shape index (κ3) is 6.14. The average Bonchev–Trinajstić information content (AvgIpc) is 2.38. The molecule has 8 heteroatoms. The zero-order valence-corrected chi connectivity index (χ0v) is 12.7. The molecule has 0 aromatic heterocycles. The van der Waals surface area contributed by atoms with E-state index in [0.29, 0.717) is 18.7 Å². The van der Waals surface area contributed by atoms with Gasteiger partial charge in [-0.2, -0.15) is 0 Å². The summed E-state index contributed by atoms with van der Waals surface area (Å²) >= 11 is 10.6. The number of hydrogen-bond donors (Lipinski definition) is 3. The lowest BCUT2D eigenvalue weighted by Gasteiger charge is -2.13. The number of hydrogen-bond acceptors (Lipinski definition) is 3. The van der Waals surface area contributed by atoms with Crippen molar-refractivity contribution in [3.05, 3.63) is 29.0 Å². The maximum absolute atomic E-state index is 13.0. The van der Waals surface area contributed by atoms with E-state index >= 15 is 0 Å². The first kappa shape index (κ1) is 16.6. The van der Waals surface area contributed by atoms with Crippen LogP contribution in [-0.2, 0) is 4.79 Å². The molecule has 0 radical (unpaired) electrons. The second-order valence-electron chi connectivity index (χ2n) is 4.31. The molecule has 0 saturated heterocycles. The quantitative estimate of drug-likeness (QED) is 0.583. The fraction of sp³-hybridized carbons (Fsp3) is 0.333. The van der Waals surface area contributed by atoms with E-state index in [4.69, 9.17) is 23.8 Å². The van der Waals surface area contributed by atoms with Crippen molar-refractivity contribution < 1.29 is 9.18 Å². The summed E-state index contributed by atoms with van der Waals surface area (Å²) in [5.41, 5.74) is 5.54. The fourth-order valence-electron chi connectivity index (χ4n) is 1.25. The number of thiocarbonyl (C=S) groups is 1. The molecule has 0 aliphatic rings. The van der Waals surface area contributed by atoms with Gasteiger partial charge in [-0.15, -0.1) is 0 Å². The van der Waals surface area contributed by atoms with E-state index in [2.05, 4.69) is 16.2 Å². The molecule has 0 saturated carbocycles. The lowest BCUT2D eigenvalue weighted by molar-refractivity contribution is -0.121. The molecule has 0 unspecified atom stereocenters. The first-order chi connectivity index (χ1) is 9.38. The van der Waals surface area contributed by atoms with E-state index < -0.39 is 5.82 Å². The molecule has 110 valence electrons. The highest BCUT2D eigenvalue weighted by atomic mass is 35.5. The minimum atomic E-state index is -0.506. The number of nitrogens with zero attached hydrogens (tertiary/aromatic N) is 1. The standard InChI is InChI=1S/C12H16ClFN4OS/c1-18(2)6-5-11(19)16-17-12(20)15-8-3-4-10(14)9(13)7-8/h3-4,7H,5-6H2,1-2H3,(H,16,19)(H2,15,17,20). The molecular weight excluding hydrogens is 303 g/mol. The number of hydrazine groups is 1. The molecule has 0 aliphatic heterocycles. The number of halogens is 2. The second-order valence-corrected chi connectivity index (χ2v) is 5.12. The molecule has 0 heterocycles. The summed E-state index contributed by atoms with van der Waals surface area (Å²) in [7, 11) is 3.76. The third-order valence-electron chi connectivity index (χ3n) is 2.28. The fourth-order valence-corrected chi connectivity index (χ4v) is 1.60. The minimum Gasteiger partial charge on any atom is -0.331 e. The van der Waals surface area contributed by atoms with Crippen LogP contribution in [0.1, 0.15) is 6.42 Å². The zero-order valence-electron chi connectivity index (χ0n) is 11.2. The molecule has 1 amide bonds. The lowest BCUT2D eigenvalue weighted by atomic mass is 10.3. The first-order valence-electron chi connectivity index (χ1n) is 5.84. The molecule has 1 aromatic rings. The van der Waals surface area contributed by atoms with Crippen LogP contribution in [0.3, 0.4) is 0 Å². The summed E-state index contributed by atoms with van der Waals surface area (Å²) in [6, 6.07) is 4.12. The summed E-state index contributed by atoms with van der Waals surface area (Å²) in [4.78, 5) is 13.3. The Bertz CT molecular complexity index is 498. The number of benzene rings is 1. The average molecular weight is 319 g/mol. The van der Waals surface area contributed by atoms with Crippen LogP contribution in [0.2, 0.25) is 5.02 Å². The highest BCUT2D eigenvalue weighted by Crippen LogP contribution is 2.19. The van der Waals surface area contributed by atoms with Gasteiger partial charge in [-0.1, -0.05) is 11.6 Å². The van der Waals surface area contributed by atoms with Crippen LogP contribution < -0.4 is 16.2 Å². The van der Waals surface area contributed by atoms with Gasteiger partial charge in [0.15, 0.2) is 5.11 Å². The van der Waals surface area contributed by atoms with Crippen molar-refractivity contribution in [1.82, 2.24) is 15.8 Å². The van der Waals surface area contributed by atoms with Gasteiger partial charge in [0.25, 0.3) is 0 Å². The Morgan fingerprint density at radius 3 is 2.70 bits per heavy atom. The number of anilines is 1. The van der Waals surface area contributed by atoms with Gasteiger partial charge in [-0.3, -0.25) is 15.6 Å². The molecule has 1 aromatic carbocycles. The summed E-state index contributed by atoms with van der Waals surface area (Å²) in [6.45, 7) is 0.640. The molecule has 3 N–H and O–H groups in total. The number of nitrogens with one attached hydrogen (secondary N) is 3. The third-order valence-corrected chi connectivity index (χ3v) is 2.77. The van der Waals surface area contributed by atoms with Gasteiger partial charge in [0, 0.05) is 18.7 Å². The number of rotatable bonds is 4. The number of amides is 1. The van der Waals surface area contributed by atoms with E-state index in [-0.39, 0.29) is 16.0 Å². The van der Waals surface area contributed by atoms with Crippen molar-refractivity contribution in [3.8, 4) is 0 Å². The monoisotopic (exact) mass is 318 g/mol. The summed E-state index contributed by atoms with van der Waals surface area (Å²) in [5.74, 6) is -0.687. The molecule has 0 aliphatic carbocycles. The zero-order chi connectivity index (χ0) is 15.1. The van der Waals surface area contributed by atoms with Crippen LogP contribution in [0.15, 0.2) is 18.2 Å². The van der Waals surface area contributed by atoms with Crippen LogP contribution in [0, 0.1) is 5.82 Å². The predicted molar refractivity (Wildman–Crippen MR) is 82.1 cm³/mol. The van der Waals surface area contributed by atoms with Crippen molar-refractivity contribution in [2.24, 2.45) is 0 Å². The molecule has 20 heavy (non-hydrogen) atoms. The van der Waals surface area contributed by atoms with Crippen LogP contribution in [0.5, 0.6) is 0 Å². The molecular formula is C12H16ClFN4OS.